The molecular weight excluding hydrogens is 565 g/mol. The molecule has 1 N–H and O–H groups in total. The molecule has 0 aromatic heterocycles. The van der Waals surface area contributed by atoms with E-state index in [1.165, 1.54) is 9.21 Å². The van der Waals surface area contributed by atoms with Gasteiger partial charge in [0.25, 0.3) is 0 Å². The number of ether oxygens (including phenoxy) is 2. The fraction of sp³-hybridized carbons (Fsp3) is 0.481. The molecule has 2 aromatic rings. The summed E-state index contributed by atoms with van der Waals surface area (Å²) in [4.78, 5) is 27.9. The zero-order valence-corrected chi connectivity index (χ0v) is 24.9. The molecule has 214 valence electrons. The van der Waals surface area contributed by atoms with Gasteiger partial charge < -0.3 is 19.7 Å². The molecule has 39 heavy (non-hydrogen) atoms. The number of nitrogens with one attached hydrogen (secondary N) is 1. The molecule has 0 fully saturated rings. The first-order valence-electron chi connectivity index (χ1n) is 12.8. The highest BCUT2D eigenvalue weighted by Crippen LogP contribution is 2.35. The van der Waals surface area contributed by atoms with Crippen LogP contribution in [0, 0.1) is 0 Å². The number of rotatable bonds is 12. The molecule has 1 aliphatic rings. The van der Waals surface area contributed by atoms with Crippen LogP contribution in [0.2, 0.25) is 10.0 Å². The van der Waals surface area contributed by atoms with E-state index in [9.17, 15) is 18.0 Å². The minimum Gasteiger partial charge on any atom is -0.486 e. The van der Waals surface area contributed by atoms with Crippen molar-refractivity contribution in [3.63, 3.8) is 0 Å². The molecule has 0 saturated heterocycles. The minimum atomic E-state index is -3.65. The van der Waals surface area contributed by atoms with E-state index in [2.05, 4.69) is 5.32 Å². The molecule has 0 unspecified atom stereocenters. The Bertz CT molecular complexity index is 1290. The third kappa shape index (κ3) is 8.40. The van der Waals surface area contributed by atoms with Crippen LogP contribution in [0.1, 0.15) is 45.6 Å². The highest BCUT2D eigenvalue weighted by atomic mass is 35.5. The molecular formula is C27H35Cl2N3O6S. The fourth-order valence-electron chi connectivity index (χ4n) is 4.07. The van der Waals surface area contributed by atoms with Gasteiger partial charge in [-0.3, -0.25) is 13.9 Å². The Morgan fingerprint density at radius 1 is 1.05 bits per heavy atom. The van der Waals surface area contributed by atoms with Crippen molar-refractivity contribution in [1.82, 2.24) is 10.2 Å². The molecule has 0 aliphatic carbocycles. The van der Waals surface area contributed by atoms with Crippen LogP contribution in [-0.4, -0.2) is 63.2 Å². The van der Waals surface area contributed by atoms with Crippen molar-refractivity contribution in [1.29, 1.82) is 0 Å². The fourth-order valence-corrected chi connectivity index (χ4v) is 5.50. The third-order valence-electron chi connectivity index (χ3n) is 6.49. The summed E-state index contributed by atoms with van der Waals surface area (Å²) >= 11 is 12.4. The van der Waals surface area contributed by atoms with Gasteiger partial charge in [-0.15, -0.1) is 0 Å². The van der Waals surface area contributed by atoms with E-state index in [-0.39, 0.29) is 43.8 Å². The number of halogens is 2. The van der Waals surface area contributed by atoms with E-state index < -0.39 is 16.1 Å². The first kappa shape index (κ1) is 30.8. The standard InChI is InChI=1S/C27H35Cl2N3O6S/c1-5-18(2)30-27(34)19(3)31(17-20-8-9-21(28)15-23(20)29)26(33)7-6-12-32(39(4,35)36)22-10-11-24-25(16-22)38-14-13-37-24/h8-11,15-16,18-19H,5-7,12-14,17H2,1-4H3,(H,30,34)/t18-,19+/m1/s1. The van der Waals surface area contributed by atoms with Gasteiger partial charge in [0.05, 0.1) is 11.9 Å². The lowest BCUT2D eigenvalue weighted by Gasteiger charge is -2.30. The second-order valence-corrected chi connectivity index (χ2v) is 12.3. The Morgan fingerprint density at radius 3 is 2.38 bits per heavy atom. The SMILES string of the molecule is CC[C@@H](C)NC(=O)[C@H](C)N(Cc1ccc(Cl)cc1Cl)C(=O)CCCN(c1ccc2c(c1)OCCO2)S(C)(=O)=O. The zero-order chi connectivity index (χ0) is 28.7. The number of nitrogens with zero attached hydrogens (tertiary/aromatic N) is 2. The second kappa shape index (κ2) is 13.6. The maximum Gasteiger partial charge on any atom is 0.242 e. The monoisotopic (exact) mass is 599 g/mol. The molecule has 2 atom stereocenters. The summed E-state index contributed by atoms with van der Waals surface area (Å²) in [6.45, 7) is 6.48. The smallest absolute Gasteiger partial charge is 0.242 e. The van der Waals surface area contributed by atoms with Gasteiger partial charge in [0, 0.05) is 41.7 Å². The lowest BCUT2D eigenvalue weighted by atomic mass is 10.1. The summed E-state index contributed by atoms with van der Waals surface area (Å²) in [6.07, 6.45) is 2.10. The Hall–Kier alpha value is -2.69. The van der Waals surface area contributed by atoms with E-state index in [4.69, 9.17) is 32.7 Å². The summed E-state index contributed by atoms with van der Waals surface area (Å²) in [5, 5.41) is 3.77. The summed E-state index contributed by atoms with van der Waals surface area (Å²) in [5.41, 5.74) is 1.06. The van der Waals surface area contributed by atoms with Crippen LogP contribution in [0.15, 0.2) is 36.4 Å². The molecule has 0 bridgehead atoms. The van der Waals surface area contributed by atoms with Gasteiger partial charge in [0.1, 0.15) is 19.3 Å². The van der Waals surface area contributed by atoms with Gasteiger partial charge in [-0.2, -0.15) is 0 Å². The molecule has 1 aliphatic heterocycles. The predicted octanol–water partition coefficient (Wildman–Crippen LogP) is 4.64. The van der Waals surface area contributed by atoms with Gasteiger partial charge in [-0.25, -0.2) is 8.42 Å². The number of fused-ring (bicyclic) bond motifs is 1. The van der Waals surface area contributed by atoms with E-state index in [1.54, 1.807) is 43.3 Å². The van der Waals surface area contributed by atoms with Gasteiger partial charge in [0.2, 0.25) is 21.8 Å². The predicted molar refractivity (Wildman–Crippen MR) is 153 cm³/mol. The van der Waals surface area contributed by atoms with Crippen LogP contribution in [0.3, 0.4) is 0 Å². The van der Waals surface area contributed by atoms with Gasteiger partial charge >= 0.3 is 0 Å². The van der Waals surface area contributed by atoms with Gasteiger partial charge in [-0.05, 0) is 56.5 Å². The molecule has 0 radical (unpaired) electrons. The molecule has 2 aromatic carbocycles. The van der Waals surface area contributed by atoms with Crippen molar-refractivity contribution < 1.29 is 27.5 Å². The molecule has 1 heterocycles. The third-order valence-corrected chi connectivity index (χ3v) is 8.27. The largest absolute Gasteiger partial charge is 0.486 e. The van der Waals surface area contributed by atoms with Crippen LogP contribution in [0.4, 0.5) is 5.69 Å². The summed E-state index contributed by atoms with van der Waals surface area (Å²) < 4.78 is 37.6. The van der Waals surface area contributed by atoms with Crippen molar-refractivity contribution in [3.8, 4) is 11.5 Å². The van der Waals surface area contributed by atoms with Gasteiger partial charge in [-0.1, -0.05) is 36.2 Å². The first-order valence-corrected chi connectivity index (χ1v) is 15.4. The van der Waals surface area contributed by atoms with Crippen molar-refractivity contribution in [2.75, 3.05) is 30.3 Å². The first-order chi connectivity index (χ1) is 18.4. The molecule has 0 saturated carbocycles. The highest BCUT2D eigenvalue weighted by Gasteiger charge is 2.28. The van der Waals surface area contributed by atoms with Crippen molar-refractivity contribution in [3.05, 3.63) is 52.0 Å². The van der Waals surface area contributed by atoms with Crippen LogP contribution < -0.4 is 19.1 Å². The van der Waals surface area contributed by atoms with Gasteiger partial charge in [0.15, 0.2) is 11.5 Å². The molecule has 0 spiro atoms. The second-order valence-electron chi connectivity index (χ2n) is 9.52. The number of hydrogen-bond donors (Lipinski definition) is 1. The number of sulfonamides is 1. The van der Waals surface area contributed by atoms with E-state index in [0.717, 1.165) is 12.7 Å². The Morgan fingerprint density at radius 2 is 1.74 bits per heavy atom. The highest BCUT2D eigenvalue weighted by molar-refractivity contribution is 7.92. The normalized spacial score (nSPS) is 14.3. The number of carbonyl (C=O) groups is 2. The lowest BCUT2D eigenvalue weighted by molar-refractivity contribution is -0.140. The lowest BCUT2D eigenvalue weighted by Crippen LogP contribution is -2.49. The number of hydrogen-bond acceptors (Lipinski definition) is 6. The molecule has 9 nitrogen and oxygen atoms in total. The Kier molecular flexibility index (Phi) is 10.7. The topological polar surface area (TPSA) is 105 Å². The summed E-state index contributed by atoms with van der Waals surface area (Å²) in [5.74, 6) is 0.436. The number of carbonyl (C=O) groups excluding carboxylic acids is 2. The van der Waals surface area contributed by atoms with Crippen molar-refractivity contribution >= 4 is 50.7 Å². The Labute approximate surface area is 240 Å². The average Bonchev–Trinajstić information content (AvgIpc) is 2.89. The maximum absolute atomic E-state index is 13.5. The molecule has 3 rings (SSSR count). The maximum atomic E-state index is 13.5. The van der Waals surface area contributed by atoms with E-state index in [0.29, 0.717) is 46.0 Å². The summed E-state index contributed by atoms with van der Waals surface area (Å²) in [6, 6.07) is 9.09. The van der Waals surface area contributed by atoms with Crippen LogP contribution >= 0.6 is 23.2 Å². The van der Waals surface area contributed by atoms with Crippen LogP contribution in [0.25, 0.3) is 0 Å². The zero-order valence-electron chi connectivity index (χ0n) is 22.6. The summed E-state index contributed by atoms with van der Waals surface area (Å²) in [7, 11) is -3.65. The molecule has 2 amide bonds. The van der Waals surface area contributed by atoms with Crippen molar-refractivity contribution in [2.24, 2.45) is 0 Å². The number of amides is 2. The van der Waals surface area contributed by atoms with Crippen LogP contribution in [0.5, 0.6) is 11.5 Å². The minimum absolute atomic E-state index is 0.0166. The van der Waals surface area contributed by atoms with E-state index >= 15 is 0 Å². The number of benzene rings is 2. The van der Waals surface area contributed by atoms with Crippen LogP contribution in [-0.2, 0) is 26.2 Å². The quantitative estimate of drug-likeness (QED) is 0.381. The molecule has 12 heteroatoms. The Balaban J connectivity index is 1.76. The van der Waals surface area contributed by atoms with Crippen molar-refractivity contribution in [2.45, 2.75) is 58.7 Å². The van der Waals surface area contributed by atoms with E-state index in [1.807, 2.05) is 13.8 Å². The average molecular weight is 601 g/mol. The number of anilines is 1.